The van der Waals surface area contributed by atoms with Crippen molar-refractivity contribution in [3.8, 4) is 0 Å². The number of thiazole rings is 1. The van der Waals surface area contributed by atoms with Gasteiger partial charge in [-0.1, -0.05) is 15.9 Å². The summed E-state index contributed by atoms with van der Waals surface area (Å²) < 4.78 is 0. The molecule has 1 aromatic rings. The molecule has 1 aromatic heterocycles. The molecule has 0 aromatic carbocycles. The van der Waals surface area contributed by atoms with Crippen molar-refractivity contribution in [3.63, 3.8) is 0 Å². The van der Waals surface area contributed by atoms with E-state index >= 15 is 0 Å². The molecular formula is C11H11BrN2O2S. The number of aryl methyl sites for hydroxylation is 1. The van der Waals surface area contributed by atoms with Gasteiger partial charge in [-0.05, 0) is 13.3 Å². The lowest BCUT2D eigenvalue weighted by molar-refractivity contribution is 0.0966. The maximum atomic E-state index is 12.0. The van der Waals surface area contributed by atoms with Gasteiger partial charge in [-0.3, -0.25) is 14.6 Å². The summed E-state index contributed by atoms with van der Waals surface area (Å²) in [5.41, 5.74) is 0.648. The van der Waals surface area contributed by atoms with Gasteiger partial charge in [0, 0.05) is 11.9 Å². The Hall–Kier alpha value is -0.880. The first kappa shape index (κ1) is 12.6. The molecule has 0 radical (unpaired) electrons. The average Bonchev–Trinajstić information content (AvgIpc) is 2.68. The van der Waals surface area contributed by atoms with Crippen LogP contribution >= 0.6 is 27.3 Å². The van der Waals surface area contributed by atoms with Crippen LogP contribution in [0, 0.1) is 6.92 Å². The first-order valence-electron chi connectivity index (χ1n) is 5.28. The molecule has 1 heterocycles. The molecule has 0 aliphatic heterocycles. The highest BCUT2D eigenvalue weighted by Gasteiger charge is 2.32. The van der Waals surface area contributed by atoms with E-state index in [0.717, 1.165) is 16.8 Å². The van der Waals surface area contributed by atoms with Crippen molar-refractivity contribution < 1.29 is 9.59 Å². The third kappa shape index (κ3) is 2.52. The van der Waals surface area contributed by atoms with E-state index in [1.54, 1.807) is 6.92 Å². The number of hydrogen-bond acceptors (Lipinski definition) is 5. The number of rotatable bonds is 3. The number of Topliss-reactive ketones (excluding diaryl/α,β-unsaturated/α-hetero) is 2. The lowest BCUT2D eigenvalue weighted by Gasteiger charge is -2.10. The highest BCUT2D eigenvalue weighted by atomic mass is 79.9. The summed E-state index contributed by atoms with van der Waals surface area (Å²) in [6.07, 6.45) is 0.976. The van der Waals surface area contributed by atoms with E-state index in [-0.39, 0.29) is 18.0 Å². The Morgan fingerprint density at radius 2 is 2.24 bits per heavy atom. The minimum atomic E-state index is -0.182. The predicted molar refractivity (Wildman–Crippen MR) is 70.8 cm³/mol. The molecule has 0 unspecified atom stereocenters. The minimum Gasteiger partial charge on any atom is -0.293 e. The summed E-state index contributed by atoms with van der Waals surface area (Å²) in [5, 5.41) is 1.59. The Balaban J connectivity index is 2.29. The Bertz CT molecular complexity index is 508. The van der Waals surface area contributed by atoms with Gasteiger partial charge in [0.2, 0.25) is 5.78 Å². The molecule has 1 aliphatic rings. The molecule has 6 heteroatoms. The molecule has 0 N–H and O–H groups in total. The van der Waals surface area contributed by atoms with Gasteiger partial charge in [-0.25, -0.2) is 4.98 Å². The van der Waals surface area contributed by atoms with Gasteiger partial charge in [0.1, 0.15) is 10.6 Å². The van der Waals surface area contributed by atoms with Crippen molar-refractivity contribution in [1.82, 2.24) is 4.98 Å². The topological polar surface area (TPSA) is 59.4 Å². The Kier molecular flexibility index (Phi) is 3.83. The van der Waals surface area contributed by atoms with E-state index in [2.05, 4.69) is 25.9 Å². The molecule has 1 aliphatic carbocycles. The molecule has 0 spiro atoms. The fourth-order valence-electron chi connectivity index (χ4n) is 1.62. The van der Waals surface area contributed by atoms with Gasteiger partial charge >= 0.3 is 0 Å². The van der Waals surface area contributed by atoms with Crippen LogP contribution in [0.5, 0.6) is 0 Å². The third-order valence-electron chi connectivity index (χ3n) is 2.39. The van der Waals surface area contributed by atoms with Crippen molar-refractivity contribution in [1.29, 1.82) is 0 Å². The van der Waals surface area contributed by atoms with E-state index in [9.17, 15) is 9.59 Å². The van der Waals surface area contributed by atoms with Crippen molar-refractivity contribution in [2.45, 2.75) is 19.8 Å². The lowest BCUT2D eigenvalue weighted by Crippen LogP contribution is -2.26. The Morgan fingerprint density at radius 1 is 1.47 bits per heavy atom. The van der Waals surface area contributed by atoms with E-state index in [1.807, 2.05) is 0 Å². The van der Waals surface area contributed by atoms with Crippen molar-refractivity contribution in [3.05, 3.63) is 15.6 Å². The zero-order valence-corrected chi connectivity index (χ0v) is 11.7. The van der Waals surface area contributed by atoms with Gasteiger partial charge in [-0.15, -0.1) is 11.3 Å². The number of hydrogen-bond donors (Lipinski definition) is 0. The highest BCUT2D eigenvalue weighted by molar-refractivity contribution is 9.09. The quantitative estimate of drug-likeness (QED) is 0.636. The Labute approximate surface area is 111 Å². The van der Waals surface area contributed by atoms with Crippen LogP contribution < -0.4 is 0 Å². The molecule has 0 amide bonds. The van der Waals surface area contributed by atoms with Crippen molar-refractivity contribution in [2.75, 3.05) is 11.9 Å². The zero-order chi connectivity index (χ0) is 12.4. The van der Waals surface area contributed by atoms with E-state index < -0.39 is 0 Å². The van der Waals surface area contributed by atoms with Crippen LogP contribution in [0.1, 0.15) is 38.0 Å². The van der Waals surface area contributed by atoms with Crippen molar-refractivity contribution in [2.24, 2.45) is 4.99 Å². The SMILES string of the molecule is Cc1nc2c(s1)C(=O)CC(=NCCCBr)C2=O. The maximum absolute atomic E-state index is 12.0. The summed E-state index contributed by atoms with van der Waals surface area (Å²) in [5.74, 6) is -0.221. The molecule has 4 nitrogen and oxygen atoms in total. The van der Waals surface area contributed by atoms with Gasteiger partial charge in [-0.2, -0.15) is 0 Å². The molecule has 90 valence electrons. The normalized spacial score (nSPS) is 17.6. The van der Waals surface area contributed by atoms with E-state index in [1.165, 1.54) is 11.3 Å². The van der Waals surface area contributed by atoms with Crippen LogP contribution in [0.15, 0.2) is 4.99 Å². The highest BCUT2D eigenvalue weighted by Crippen LogP contribution is 2.25. The van der Waals surface area contributed by atoms with Crippen molar-refractivity contribution >= 4 is 44.5 Å². The minimum absolute atomic E-state index is 0.0391. The van der Waals surface area contributed by atoms with Crippen LogP contribution in [0.4, 0.5) is 0 Å². The standard InChI is InChI=1S/C11H11BrN2O2S/c1-6-14-9-10(16)7(13-4-2-3-12)5-8(15)11(9)17-6/h2-5H2,1H3. The van der Waals surface area contributed by atoms with Gasteiger partial charge < -0.3 is 0 Å². The van der Waals surface area contributed by atoms with Gasteiger partial charge in [0.15, 0.2) is 5.78 Å². The number of aliphatic imine (C=N–C) groups is 1. The second-order valence-corrected chi connectivity index (χ2v) is 5.71. The fraction of sp³-hybridized carbons (Fsp3) is 0.455. The summed E-state index contributed by atoms with van der Waals surface area (Å²) in [6.45, 7) is 2.36. The number of alkyl halides is 1. The lowest BCUT2D eigenvalue weighted by atomic mass is 9.98. The summed E-state index contributed by atoms with van der Waals surface area (Å²) in [6, 6.07) is 0. The van der Waals surface area contributed by atoms with Gasteiger partial charge in [0.25, 0.3) is 0 Å². The smallest absolute Gasteiger partial charge is 0.227 e. The number of fused-ring (bicyclic) bond motifs is 1. The molecule has 0 fully saturated rings. The second kappa shape index (κ2) is 5.18. The van der Waals surface area contributed by atoms with E-state index in [4.69, 9.17) is 0 Å². The van der Waals surface area contributed by atoms with Crippen LogP contribution in [-0.4, -0.2) is 34.1 Å². The van der Waals surface area contributed by atoms with Crippen LogP contribution in [0.25, 0.3) is 0 Å². The predicted octanol–water partition coefficient (Wildman–Crippen LogP) is 2.45. The van der Waals surface area contributed by atoms with Gasteiger partial charge in [0.05, 0.1) is 17.1 Å². The molecule has 17 heavy (non-hydrogen) atoms. The van der Waals surface area contributed by atoms with Crippen LogP contribution in [0.2, 0.25) is 0 Å². The molecule has 0 bridgehead atoms. The van der Waals surface area contributed by atoms with Crippen LogP contribution in [-0.2, 0) is 0 Å². The number of carbonyl (C=O) groups excluding carboxylic acids is 2. The number of halogens is 1. The first-order valence-corrected chi connectivity index (χ1v) is 7.22. The first-order chi connectivity index (χ1) is 8.13. The molecular weight excluding hydrogens is 304 g/mol. The summed E-state index contributed by atoms with van der Waals surface area (Å²) in [4.78, 5) is 32.6. The summed E-state index contributed by atoms with van der Waals surface area (Å²) >= 11 is 4.59. The number of carbonyl (C=O) groups is 2. The monoisotopic (exact) mass is 314 g/mol. The number of aromatic nitrogens is 1. The number of ketones is 2. The maximum Gasteiger partial charge on any atom is 0.227 e. The summed E-state index contributed by atoms with van der Waals surface area (Å²) in [7, 11) is 0. The third-order valence-corrected chi connectivity index (χ3v) is 3.96. The van der Waals surface area contributed by atoms with Crippen LogP contribution in [0.3, 0.4) is 0 Å². The fourth-order valence-corrected chi connectivity index (χ4v) is 2.72. The second-order valence-electron chi connectivity index (χ2n) is 3.71. The average molecular weight is 315 g/mol. The molecule has 0 atom stereocenters. The van der Waals surface area contributed by atoms with E-state index in [0.29, 0.717) is 22.8 Å². The zero-order valence-electron chi connectivity index (χ0n) is 9.33. The molecule has 2 rings (SSSR count). The largest absolute Gasteiger partial charge is 0.293 e. The number of nitrogens with zero attached hydrogens (tertiary/aromatic N) is 2. The molecule has 0 saturated heterocycles. The molecule has 0 saturated carbocycles. The Morgan fingerprint density at radius 3 is 2.94 bits per heavy atom.